The molecule has 19 heavy (non-hydrogen) atoms. The molecule has 3 N–H and O–H groups in total. The number of carboxylic acids is 1. The standard InChI is InChI=1S/C12H13ClFNO4/c13-7-5-9-11(19-3-1-2-18-9)6(10(7)14)4-8(15)12(16)17/h5,8H,1-4,15H2,(H,16,17). The van der Waals surface area contributed by atoms with Crippen LogP contribution in [0.5, 0.6) is 11.5 Å². The normalized spacial score (nSPS) is 15.7. The zero-order valence-corrected chi connectivity index (χ0v) is 10.7. The van der Waals surface area contributed by atoms with Gasteiger partial charge in [0.05, 0.1) is 18.2 Å². The first-order chi connectivity index (χ1) is 9.00. The van der Waals surface area contributed by atoms with Crippen molar-refractivity contribution in [1.29, 1.82) is 0 Å². The minimum absolute atomic E-state index is 0.0410. The van der Waals surface area contributed by atoms with Crippen molar-refractivity contribution in [3.63, 3.8) is 0 Å². The molecule has 1 aromatic rings. The molecular formula is C12H13ClFNO4. The molecule has 1 unspecified atom stereocenters. The summed E-state index contributed by atoms with van der Waals surface area (Å²) in [4.78, 5) is 10.8. The molecule has 5 nitrogen and oxygen atoms in total. The van der Waals surface area contributed by atoms with Crippen molar-refractivity contribution in [3.8, 4) is 11.5 Å². The first-order valence-electron chi connectivity index (χ1n) is 5.75. The molecule has 1 aliphatic heterocycles. The lowest BCUT2D eigenvalue weighted by atomic mass is 10.0. The average Bonchev–Trinajstić information content (AvgIpc) is 2.59. The van der Waals surface area contributed by atoms with Crippen LogP contribution in [0.15, 0.2) is 6.07 Å². The topological polar surface area (TPSA) is 81.8 Å². The van der Waals surface area contributed by atoms with Crippen LogP contribution in [0.4, 0.5) is 4.39 Å². The highest BCUT2D eigenvalue weighted by atomic mass is 35.5. The SMILES string of the molecule is NC(Cc1c(F)c(Cl)cc2c1OCCCO2)C(=O)O. The fourth-order valence-electron chi connectivity index (χ4n) is 1.81. The number of hydrogen-bond donors (Lipinski definition) is 2. The van der Waals surface area contributed by atoms with E-state index in [1.807, 2.05) is 0 Å². The van der Waals surface area contributed by atoms with E-state index in [2.05, 4.69) is 0 Å². The van der Waals surface area contributed by atoms with Crippen LogP contribution in [0.3, 0.4) is 0 Å². The van der Waals surface area contributed by atoms with Gasteiger partial charge in [0.15, 0.2) is 11.5 Å². The van der Waals surface area contributed by atoms with Crippen molar-refractivity contribution in [1.82, 2.24) is 0 Å². The van der Waals surface area contributed by atoms with Gasteiger partial charge in [-0.3, -0.25) is 4.79 Å². The number of carboxylic acid groups (broad SMARTS) is 1. The second-order valence-electron chi connectivity index (χ2n) is 4.18. The van der Waals surface area contributed by atoms with Crippen LogP contribution in [0.1, 0.15) is 12.0 Å². The number of hydrogen-bond acceptors (Lipinski definition) is 4. The molecule has 0 amide bonds. The van der Waals surface area contributed by atoms with Crippen LogP contribution in [0.25, 0.3) is 0 Å². The number of fused-ring (bicyclic) bond motifs is 1. The van der Waals surface area contributed by atoms with Gasteiger partial charge in [-0.25, -0.2) is 4.39 Å². The summed E-state index contributed by atoms with van der Waals surface area (Å²) in [5.41, 5.74) is 5.48. The predicted octanol–water partition coefficient (Wildman–Crippen LogP) is 1.59. The van der Waals surface area contributed by atoms with E-state index < -0.39 is 17.8 Å². The van der Waals surface area contributed by atoms with E-state index in [1.54, 1.807) is 0 Å². The molecule has 104 valence electrons. The van der Waals surface area contributed by atoms with Gasteiger partial charge in [0.1, 0.15) is 11.9 Å². The number of ether oxygens (including phenoxy) is 2. The molecule has 1 atom stereocenters. The molecule has 1 aliphatic rings. The Balaban J connectivity index is 2.45. The summed E-state index contributed by atoms with van der Waals surface area (Å²) in [6, 6.07) is 0.0942. The maximum atomic E-state index is 14.0. The minimum Gasteiger partial charge on any atom is -0.489 e. The second kappa shape index (κ2) is 5.63. The molecule has 0 aromatic heterocycles. The molecule has 0 saturated carbocycles. The van der Waals surface area contributed by atoms with E-state index in [0.29, 0.717) is 25.4 Å². The maximum absolute atomic E-state index is 14.0. The van der Waals surface area contributed by atoms with Gasteiger partial charge < -0.3 is 20.3 Å². The van der Waals surface area contributed by atoms with Crippen LogP contribution >= 0.6 is 11.6 Å². The highest BCUT2D eigenvalue weighted by molar-refractivity contribution is 6.31. The number of nitrogens with two attached hydrogens (primary N) is 1. The van der Waals surface area contributed by atoms with Crippen molar-refractivity contribution >= 4 is 17.6 Å². The molecule has 1 aromatic carbocycles. The van der Waals surface area contributed by atoms with E-state index in [9.17, 15) is 9.18 Å². The van der Waals surface area contributed by atoms with Gasteiger partial charge in [0.25, 0.3) is 0 Å². The summed E-state index contributed by atoms with van der Waals surface area (Å²) in [7, 11) is 0. The summed E-state index contributed by atoms with van der Waals surface area (Å²) >= 11 is 5.77. The van der Waals surface area contributed by atoms with E-state index in [0.717, 1.165) is 0 Å². The number of halogens is 2. The molecule has 7 heteroatoms. The Kier molecular flexibility index (Phi) is 4.11. The van der Waals surface area contributed by atoms with E-state index >= 15 is 0 Å². The van der Waals surface area contributed by atoms with E-state index in [-0.39, 0.29) is 22.8 Å². The van der Waals surface area contributed by atoms with Crippen LogP contribution in [-0.4, -0.2) is 30.3 Å². The Bertz CT molecular complexity index is 509. The highest BCUT2D eigenvalue weighted by Crippen LogP contribution is 2.39. The fraction of sp³-hybridized carbons (Fsp3) is 0.417. The molecule has 0 aliphatic carbocycles. The van der Waals surface area contributed by atoms with E-state index in [1.165, 1.54) is 6.07 Å². The zero-order chi connectivity index (χ0) is 14.0. The van der Waals surface area contributed by atoms with Crippen LogP contribution < -0.4 is 15.2 Å². The van der Waals surface area contributed by atoms with Gasteiger partial charge in [0, 0.05) is 24.5 Å². The van der Waals surface area contributed by atoms with Crippen LogP contribution in [0, 0.1) is 5.82 Å². The van der Waals surface area contributed by atoms with Crippen molar-refractivity contribution in [3.05, 3.63) is 22.5 Å². The third-order valence-corrected chi connectivity index (χ3v) is 3.04. The average molecular weight is 290 g/mol. The van der Waals surface area contributed by atoms with Crippen molar-refractivity contribution in [2.24, 2.45) is 5.73 Å². The lowest BCUT2D eigenvalue weighted by Crippen LogP contribution is -2.32. The van der Waals surface area contributed by atoms with Gasteiger partial charge in [-0.1, -0.05) is 11.6 Å². The first-order valence-corrected chi connectivity index (χ1v) is 6.13. The van der Waals surface area contributed by atoms with Crippen LogP contribution in [0.2, 0.25) is 5.02 Å². The number of aliphatic carboxylic acids is 1. The molecule has 0 saturated heterocycles. The Labute approximate surface area is 114 Å². The van der Waals surface area contributed by atoms with Gasteiger partial charge in [-0.15, -0.1) is 0 Å². The van der Waals surface area contributed by atoms with Gasteiger partial charge in [-0.05, 0) is 0 Å². The number of benzene rings is 1. The molecule has 0 spiro atoms. The van der Waals surface area contributed by atoms with Gasteiger partial charge in [0.2, 0.25) is 0 Å². The Morgan fingerprint density at radius 3 is 2.89 bits per heavy atom. The van der Waals surface area contributed by atoms with Gasteiger partial charge in [-0.2, -0.15) is 0 Å². The molecule has 1 heterocycles. The number of rotatable bonds is 3. The van der Waals surface area contributed by atoms with Crippen molar-refractivity contribution < 1.29 is 23.8 Å². The number of carbonyl (C=O) groups is 1. The lowest BCUT2D eigenvalue weighted by Gasteiger charge is -2.16. The molecular weight excluding hydrogens is 277 g/mol. The molecule has 2 rings (SSSR count). The largest absolute Gasteiger partial charge is 0.489 e. The van der Waals surface area contributed by atoms with Crippen molar-refractivity contribution in [2.75, 3.05) is 13.2 Å². The highest BCUT2D eigenvalue weighted by Gasteiger charge is 2.25. The first kappa shape index (κ1) is 13.9. The maximum Gasteiger partial charge on any atom is 0.320 e. The quantitative estimate of drug-likeness (QED) is 0.883. The Morgan fingerprint density at radius 2 is 2.21 bits per heavy atom. The summed E-state index contributed by atoms with van der Waals surface area (Å²) in [5, 5.41) is 8.67. The summed E-state index contributed by atoms with van der Waals surface area (Å²) in [5.74, 6) is -1.43. The Hall–Kier alpha value is -1.53. The summed E-state index contributed by atoms with van der Waals surface area (Å²) in [6.07, 6.45) is 0.436. The third-order valence-electron chi connectivity index (χ3n) is 2.76. The van der Waals surface area contributed by atoms with E-state index in [4.69, 9.17) is 31.9 Å². The molecule has 0 bridgehead atoms. The summed E-state index contributed by atoms with van der Waals surface area (Å²) in [6.45, 7) is 0.794. The third kappa shape index (κ3) is 2.90. The monoisotopic (exact) mass is 289 g/mol. The van der Waals surface area contributed by atoms with Crippen LogP contribution in [-0.2, 0) is 11.2 Å². The Morgan fingerprint density at radius 1 is 1.53 bits per heavy atom. The molecule has 0 fully saturated rings. The smallest absolute Gasteiger partial charge is 0.320 e. The fourth-order valence-corrected chi connectivity index (χ4v) is 2.02. The molecule has 0 radical (unpaired) electrons. The predicted molar refractivity (Wildman–Crippen MR) is 66.3 cm³/mol. The summed E-state index contributed by atoms with van der Waals surface area (Å²) < 4.78 is 24.9. The van der Waals surface area contributed by atoms with Crippen molar-refractivity contribution in [2.45, 2.75) is 18.9 Å². The zero-order valence-electron chi connectivity index (χ0n) is 9.99. The minimum atomic E-state index is -1.23. The van der Waals surface area contributed by atoms with Gasteiger partial charge >= 0.3 is 5.97 Å². The second-order valence-corrected chi connectivity index (χ2v) is 4.58. The lowest BCUT2D eigenvalue weighted by molar-refractivity contribution is -0.138.